The van der Waals surface area contributed by atoms with Gasteiger partial charge in [0.05, 0.1) is 13.3 Å². The van der Waals surface area contributed by atoms with Crippen LogP contribution in [0.2, 0.25) is 0 Å². The molecule has 0 unspecified atom stereocenters. The van der Waals surface area contributed by atoms with E-state index in [-0.39, 0.29) is 0 Å². The Morgan fingerprint density at radius 1 is 1.32 bits per heavy atom. The number of methoxy groups -OCH3 is 1. The molecule has 0 saturated carbocycles. The molecular formula is C17H24N4O. The summed E-state index contributed by atoms with van der Waals surface area (Å²) in [5.74, 6) is 0.905. The molecule has 0 spiro atoms. The van der Waals surface area contributed by atoms with Crippen molar-refractivity contribution in [3.05, 3.63) is 47.3 Å². The zero-order valence-corrected chi connectivity index (χ0v) is 13.5. The first kappa shape index (κ1) is 15.1. The minimum absolute atomic E-state index is 0.388. The highest BCUT2D eigenvalue weighted by Crippen LogP contribution is 2.26. The van der Waals surface area contributed by atoms with E-state index in [1.54, 1.807) is 7.11 Å². The lowest BCUT2D eigenvalue weighted by Gasteiger charge is -2.36. The molecule has 1 fully saturated rings. The summed E-state index contributed by atoms with van der Waals surface area (Å²) in [7, 11) is 3.70. The first-order valence-electron chi connectivity index (χ1n) is 7.75. The van der Waals surface area contributed by atoms with Gasteiger partial charge in [0, 0.05) is 50.5 Å². The van der Waals surface area contributed by atoms with Gasteiger partial charge in [0.15, 0.2) is 0 Å². The molecule has 1 aromatic carbocycles. The van der Waals surface area contributed by atoms with Crippen LogP contribution in [-0.4, -0.2) is 41.4 Å². The summed E-state index contributed by atoms with van der Waals surface area (Å²) in [6.45, 7) is 6.13. The van der Waals surface area contributed by atoms with E-state index in [4.69, 9.17) is 4.74 Å². The van der Waals surface area contributed by atoms with E-state index in [1.165, 1.54) is 16.8 Å². The second-order valence-electron chi connectivity index (χ2n) is 5.84. The van der Waals surface area contributed by atoms with E-state index in [9.17, 15) is 0 Å². The molecule has 1 aliphatic heterocycles. The lowest BCUT2D eigenvalue weighted by atomic mass is 10.0. The van der Waals surface area contributed by atoms with Gasteiger partial charge in [0.2, 0.25) is 0 Å². The minimum atomic E-state index is 0.388. The van der Waals surface area contributed by atoms with Crippen LogP contribution in [-0.2, 0) is 13.6 Å². The molecule has 3 rings (SSSR count). The molecule has 5 nitrogen and oxygen atoms in total. The van der Waals surface area contributed by atoms with Crippen LogP contribution in [0.4, 0.5) is 0 Å². The van der Waals surface area contributed by atoms with Gasteiger partial charge in [-0.25, -0.2) is 0 Å². The lowest BCUT2D eigenvalue weighted by molar-refractivity contribution is 0.153. The van der Waals surface area contributed by atoms with Crippen LogP contribution >= 0.6 is 0 Å². The van der Waals surface area contributed by atoms with Gasteiger partial charge in [-0.3, -0.25) is 9.58 Å². The SMILES string of the molecule is COc1ccc([C@@H]2CNCCN2Cc2cnn(C)c2C)cc1. The van der Waals surface area contributed by atoms with Crippen LogP contribution in [0.3, 0.4) is 0 Å². The van der Waals surface area contributed by atoms with Gasteiger partial charge in [0.1, 0.15) is 5.75 Å². The third-order valence-corrected chi connectivity index (χ3v) is 4.57. The van der Waals surface area contributed by atoms with E-state index in [0.717, 1.165) is 31.9 Å². The maximum absolute atomic E-state index is 5.26. The van der Waals surface area contributed by atoms with Crippen molar-refractivity contribution < 1.29 is 4.74 Å². The van der Waals surface area contributed by atoms with Crippen molar-refractivity contribution in [3.63, 3.8) is 0 Å². The summed E-state index contributed by atoms with van der Waals surface area (Å²) in [5.41, 5.74) is 3.88. The highest BCUT2D eigenvalue weighted by Gasteiger charge is 2.24. The van der Waals surface area contributed by atoms with Crippen LogP contribution in [0.15, 0.2) is 30.5 Å². The molecule has 0 amide bonds. The average molecular weight is 300 g/mol. The van der Waals surface area contributed by atoms with Crippen LogP contribution in [0.1, 0.15) is 22.9 Å². The molecule has 1 aromatic heterocycles. The van der Waals surface area contributed by atoms with Gasteiger partial charge >= 0.3 is 0 Å². The summed E-state index contributed by atoms with van der Waals surface area (Å²) in [4.78, 5) is 2.53. The second-order valence-corrected chi connectivity index (χ2v) is 5.84. The van der Waals surface area contributed by atoms with Crippen LogP contribution in [0, 0.1) is 6.92 Å². The van der Waals surface area contributed by atoms with E-state index < -0.39 is 0 Å². The van der Waals surface area contributed by atoms with Gasteiger partial charge < -0.3 is 10.1 Å². The maximum Gasteiger partial charge on any atom is 0.118 e. The van der Waals surface area contributed by atoms with Gasteiger partial charge in [-0.05, 0) is 24.6 Å². The van der Waals surface area contributed by atoms with Crippen molar-refractivity contribution >= 4 is 0 Å². The molecule has 2 aromatic rings. The number of piperazine rings is 1. The number of hydrogen-bond acceptors (Lipinski definition) is 4. The van der Waals surface area contributed by atoms with Crippen molar-refractivity contribution in [3.8, 4) is 5.75 Å². The van der Waals surface area contributed by atoms with Crippen molar-refractivity contribution in [2.75, 3.05) is 26.7 Å². The first-order chi connectivity index (χ1) is 10.7. The Bertz CT molecular complexity index is 620. The predicted octanol–water partition coefficient (Wildman–Crippen LogP) is 1.88. The largest absolute Gasteiger partial charge is 0.497 e. The number of aryl methyl sites for hydroxylation is 1. The monoisotopic (exact) mass is 300 g/mol. The molecule has 0 bridgehead atoms. The van der Waals surface area contributed by atoms with Crippen molar-refractivity contribution in [2.24, 2.45) is 7.05 Å². The van der Waals surface area contributed by atoms with Crippen LogP contribution < -0.4 is 10.1 Å². The Labute approximate surface area is 131 Å². The molecule has 5 heteroatoms. The number of hydrogen-bond donors (Lipinski definition) is 1. The second kappa shape index (κ2) is 6.50. The molecule has 0 radical (unpaired) electrons. The lowest BCUT2D eigenvalue weighted by Crippen LogP contribution is -2.45. The molecule has 118 valence electrons. The number of rotatable bonds is 4. The van der Waals surface area contributed by atoms with Gasteiger partial charge in [-0.2, -0.15) is 5.10 Å². The Hall–Kier alpha value is -1.85. The highest BCUT2D eigenvalue weighted by molar-refractivity contribution is 5.30. The molecule has 2 heterocycles. The third kappa shape index (κ3) is 3.00. The Morgan fingerprint density at radius 3 is 2.73 bits per heavy atom. The fourth-order valence-electron chi connectivity index (χ4n) is 3.01. The molecular weight excluding hydrogens is 276 g/mol. The summed E-state index contributed by atoms with van der Waals surface area (Å²) in [6.07, 6.45) is 1.99. The molecule has 1 aliphatic rings. The predicted molar refractivity (Wildman–Crippen MR) is 87.0 cm³/mol. The summed E-state index contributed by atoms with van der Waals surface area (Å²) >= 11 is 0. The van der Waals surface area contributed by atoms with Crippen molar-refractivity contribution in [1.29, 1.82) is 0 Å². The van der Waals surface area contributed by atoms with E-state index in [1.807, 2.05) is 30.1 Å². The number of nitrogens with one attached hydrogen (secondary N) is 1. The summed E-state index contributed by atoms with van der Waals surface area (Å²) in [6, 6.07) is 8.80. The third-order valence-electron chi connectivity index (χ3n) is 4.57. The van der Waals surface area contributed by atoms with E-state index in [0.29, 0.717) is 6.04 Å². The molecule has 22 heavy (non-hydrogen) atoms. The fourth-order valence-corrected chi connectivity index (χ4v) is 3.01. The topological polar surface area (TPSA) is 42.3 Å². The number of aromatic nitrogens is 2. The first-order valence-corrected chi connectivity index (χ1v) is 7.75. The zero-order chi connectivity index (χ0) is 15.5. The standard InChI is InChI=1S/C17H24N4O/c1-13-15(10-19-20(13)2)12-21-9-8-18-11-17(21)14-4-6-16(22-3)7-5-14/h4-7,10,17-18H,8-9,11-12H2,1-3H3/t17-/m0/s1. The van der Waals surface area contributed by atoms with Crippen LogP contribution in [0.25, 0.3) is 0 Å². The summed E-state index contributed by atoms with van der Waals surface area (Å²) in [5, 5.41) is 7.86. The van der Waals surface area contributed by atoms with Crippen molar-refractivity contribution in [2.45, 2.75) is 19.5 Å². The Morgan fingerprint density at radius 2 is 2.09 bits per heavy atom. The number of nitrogens with zero attached hydrogens (tertiary/aromatic N) is 3. The van der Waals surface area contributed by atoms with E-state index >= 15 is 0 Å². The number of ether oxygens (including phenoxy) is 1. The minimum Gasteiger partial charge on any atom is -0.497 e. The molecule has 1 saturated heterocycles. The average Bonchev–Trinajstić information content (AvgIpc) is 2.88. The Kier molecular flexibility index (Phi) is 4.45. The van der Waals surface area contributed by atoms with E-state index in [2.05, 4.69) is 34.4 Å². The summed E-state index contributed by atoms with van der Waals surface area (Å²) < 4.78 is 7.20. The fraction of sp³-hybridized carbons (Fsp3) is 0.471. The Balaban J connectivity index is 1.79. The van der Waals surface area contributed by atoms with Gasteiger partial charge in [0.25, 0.3) is 0 Å². The van der Waals surface area contributed by atoms with Gasteiger partial charge in [-0.1, -0.05) is 12.1 Å². The van der Waals surface area contributed by atoms with Crippen molar-refractivity contribution in [1.82, 2.24) is 20.0 Å². The maximum atomic E-state index is 5.26. The van der Waals surface area contributed by atoms with Crippen LogP contribution in [0.5, 0.6) is 5.75 Å². The zero-order valence-electron chi connectivity index (χ0n) is 13.5. The van der Waals surface area contributed by atoms with Gasteiger partial charge in [-0.15, -0.1) is 0 Å². The molecule has 1 N–H and O–H groups in total. The molecule has 0 aliphatic carbocycles. The highest BCUT2D eigenvalue weighted by atomic mass is 16.5. The quantitative estimate of drug-likeness (QED) is 0.936. The molecule has 1 atom stereocenters. The normalized spacial score (nSPS) is 19.3. The number of benzene rings is 1. The smallest absolute Gasteiger partial charge is 0.118 e.